The maximum absolute atomic E-state index is 10.6. The number of ether oxygens (including phenoxy) is 1. The van der Waals surface area contributed by atoms with Gasteiger partial charge in [-0.2, -0.15) is 0 Å². The fourth-order valence-electron chi connectivity index (χ4n) is 0.858. The van der Waals surface area contributed by atoms with Crippen molar-refractivity contribution in [2.45, 2.75) is 11.8 Å². The Morgan fingerprint density at radius 1 is 1.57 bits per heavy atom. The summed E-state index contributed by atoms with van der Waals surface area (Å²) in [4.78, 5) is 0.246. The van der Waals surface area contributed by atoms with E-state index in [1.54, 1.807) is 6.07 Å². The monoisotopic (exact) mass is 286 g/mol. The second kappa shape index (κ2) is 6.98. The molecule has 0 aliphatic carbocycles. The van der Waals surface area contributed by atoms with E-state index in [4.69, 9.17) is 4.74 Å². The predicted octanol–water partition coefficient (Wildman–Crippen LogP) is -0.910. The molecule has 14 heavy (non-hydrogen) atoms. The molecule has 0 radical (unpaired) electrons. The number of hydrogen-bond donors (Lipinski definition) is 0. The van der Waals surface area contributed by atoms with Gasteiger partial charge in [-0.15, -0.1) is 0 Å². The number of halogens is 1. The van der Waals surface area contributed by atoms with Gasteiger partial charge in [0, 0.05) is 4.90 Å². The zero-order valence-corrected chi connectivity index (χ0v) is 12.4. The fourth-order valence-corrected chi connectivity index (χ4v) is 1.90. The average Bonchev–Trinajstić information content (AvgIpc) is 2.08. The van der Waals surface area contributed by atoms with E-state index in [0.29, 0.717) is 16.8 Å². The Morgan fingerprint density at radius 2 is 2.21 bits per heavy atom. The minimum atomic E-state index is -2.19. The van der Waals surface area contributed by atoms with E-state index >= 15 is 0 Å². The first-order valence-corrected chi connectivity index (χ1v) is 5.53. The number of rotatable bonds is 3. The molecule has 0 amide bonds. The standard InChI is InChI=1S/C8H9BrO3S.Na/c1-2-12-8-4-3-6(13(10)11)5-7(8)9;/h3-5H,2H2,1H3,(H,10,11);/q;+1/p-1. The molecular formula is C8H8BrNaO3S. The minimum absolute atomic E-state index is 0. The van der Waals surface area contributed by atoms with Crippen molar-refractivity contribution in [2.24, 2.45) is 0 Å². The first kappa shape index (κ1) is 14.6. The maximum atomic E-state index is 10.6. The smallest absolute Gasteiger partial charge is 0.768 e. The Bertz CT molecular complexity index is 332. The van der Waals surface area contributed by atoms with Crippen molar-refractivity contribution in [3.05, 3.63) is 22.7 Å². The molecule has 0 N–H and O–H groups in total. The van der Waals surface area contributed by atoms with Crippen molar-refractivity contribution < 1.29 is 43.1 Å². The SMILES string of the molecule is CCOc1ccc(S(=O)[O-])cc1Br.[Na+]. The van der Waals surface area contributed by atoms with Gasteiger partial charge < -0.3 is 9.29 Å². The van der Waals surface area contributed by atoms with Crippen molar-refractivity contribution >= 4 is 27.0 Å². The summed E-state index contributed by atoms with van der Waals surface area (Å²) < 4.78 is 27.0. The molecule has 0 aliphatic heterocycles. The molecule has 1 atom stereocenters. The Labute approximate surface area is 116 Å². The molecule has 1 rings (SSSR count). The molecule has 0 spiro atoms. The zero-order valence-electron chi connectivity index (χ0n) is 7.95. The number of benzene rings is 1. The van der Waals surface area contributed by atoms with Crippen LogP contribution in [0, 0.1) is 0 Å². The maximum Gasteiger partial charge on any atom is 1.00 e. The van der Waals surface area contributed by atoms with Gasteiger partial charge >= 0.3 is 29.6 Å². The molecule has 1 unspecified atom stereocenters. The summed E-state index contributed by atoms with van der Waals surface area (Å²) in [6, 6.07) is 4.63. The first-order chi connectivity index (χ1) is 6.15. The second-order valence-electron chi connectivity index (χ2n) is 2.26. The summed E-state index contributed by atoms with van der Waals surface area (Å²) in [7, 11) is 0. The molecule has 0 bridgehead atoms. The summed E-state index contributed by atoms with van der Waals surface area (Å²) in [5, 5.41) is 0. The summed E-state index contributed by atoms with van der Waals surface area (Å²) in [5.74, 6) is 0.650. The van der Waals surface area contributed by atoms with E-state index in [0.717, 1.165) is 0 Å². The molecule has 1 aromatic carbocycles. The number of hydrogen-bond acceptors (Lipinski definition) is 3. The van der Waals surface area contributed by atoms with Crippen LogP contribution < -0.4 is 34.3 Å². The van der Waals surface area contributed by atoms with Crippen LogP contribution in [0.1, 0.15) is 6.92 Å². The molecule has 0 aliphatic rings. The third-order valence-electron chi connectivity index (χ3n) is 1.40. The molecule has 1 aromatic rings. The third kappa shape index (κ3) is 4.00. The molecule has 0 fully saturated rings. The Kier molecular flexibility index (Phi) is 7.28. The van der Waals surface area contributed by atoms with E-state index in [2.05, 4.69) is 15.9 Å². The largest absolute Gasteiger partial charge is 1.00 e. The molecule has 72 valence electrons. The molecule has 0 saturated heterocycles. The van der Waals surface area contributed by atoms with E-state index in [1.165, 1.54) is 12.1 Å². The van der Waals surface area contributed by atoms with Crippen molar-refractivity contribution in [1.82, 2.24) is 0 Å². The Balaban J connectivity index is 0.00000169. The van der Waals surface area contributed by atoms with Crippen LogP contribution in [-0.2, 0) is 11.1 Å². The fraction of sp³-hybridized carbons (Fsp3) is 0.250. The van der Waals surface area contributed by atoms with E-state index in [1.807, 2.05) is 6.92 Å². The van der Waals surface area contributed by atoms with Crippen LogP contribution in [0.5, 0.6) is 5.75 Å². The zero-order chi connectivity index (χ0) is 9.84. The predicted molar refractivity (Wildman–Crippen MR) is 52.5 cm³/mol. The van der Waals surface area contributed by atoms with E-state index in [9.17, 15) is 8.76 Å². The first-order valence-electron chi connectivity index (χ1n) is 3.66. The quantitative estimate of drug-likeness (QED) is 0.534. The van der Waals surface area contributed by atoms with Gasteiger partial charge in [-0.1, -0.05) is 0 Å². The molecule has 0 heterocycles. The van der Waals surface area contributed by atoms with Crippen LogP contribution in [-0.4, -0.2) is 15.4 Å². The van der Waals surface area contributed by atoms with Crippen LogP contribution in [0.2, 0.25) is 0 Å². The third-order valence-corrected chi connectivity index (χ3v) is 2.65. The Hall–Kier alpha value is 0.610. The van der Waals surface area contributed by atoms with Gasteiger partial charge in [0.25, 0.3) is 0 Å². The van der Waals surface area contributed by atoms with Crippen LogP contribution in [0.25, 0.3) is 0 Å². The van der Waals surface area contributed by atoms with E-state index in [-0.39, 0.29) is 34.5 Å². The van der Waals surface area contributed by atoms with Crippen molar-refractivity contribution in [3.63, 3.8) is 0 Å². The summed E-state index contributed by atoms with van der Waals surface area (Å²) in [6.07, 6.45) is 0. The van der Waals surface area contributed by atoms with Gasteiger partial charge in [-0.25, -0.2) is 0 Å². The van der Waals surface area contributed by atoms with Crippen LogP contribution in [0.4, 0.5) is 0 Å². The van der Waals surface area contributed by atoms with Crippen molar-refractivity contribution in [1.29, 1.82) is 0 Å². The van der Waals surface area contributed by atoms with Gasteiger partial charge in [0.15, 0.2) is 0 Å². The molecular weight excluding hydrogens is 279 g/mol. The van der Waals surface area contributed by atoms with Crippen LogP contribution in [0.3, 0.4) is 0 Å². The average molecular weight is 287 g/mol. The normalized spacial score (nSPS) is 11.6. The van der Waals surface area contributed by atoms with Crippen LogP contribution >= 0.6 is 15.9 Å². The van der Waals surface area contributed by atoms with Gasteiger partial charge in [0.2, 0.25) is 0 Å². The van der Waals surface area contributed by atoms with Gasteiger partial charge in [0.1, 0.15) is 5.75 Å². The summed E-state index contributed by atoms with van der Waals surface area (Å²) in [5.41, 5.74) is 0. The molecule has 0 aromatic heterocycles. The minimum Gasteiger partial charge on any atom is -0.768 e. The molecule has 0 saturated carbocycles. The molecule has 3 nitrogen and oxygen atoms in total. The van der Waals surface area contributed by atoms with Gasteiger partial charge in [0.05, 0.1) is 11.1 Å². The summed E-state index contributed by atoms with van der Waals surface area (Å²) >= 11 is 1.03. The Morgan fingerprint density at radius 3 is 2.64 bits per heavy atom. The van der Waals surface area contributed by atoms with Gasteiger partial charge in [-0.05, 0) is 52.1 Å². The van der Waals surface area contributed by atoms with E-state index < -0.39 is 11.1 Å². The molecule has 6 heteroatoms. The van der Waals surface area contributed by atoms with Crippen molar-refractivity contribution in [2.75, 3.05) is 6.61 Å². The summed E-state index contributed by atoms with van der Waals surface area (Å²) in [6.45, 7) is 2.42. The van der Waals surface area contributed by atoms with Gasteiger partial charge in [-0.3, -0.25) is 4.21 Å². The second-order valence-corrected chi connectivity index (χ2v) is 4.06. The van der Waals surface area contributed by atoms with Crippen molar-refractivity contribution in [3.8, 4) is 5.75 Å². The van der Waals surface area contributed by atoms with Crippen LogP contribution in [0.15, 0.2) is 27.6 Å². The topological polar surface area (TPSA) is 49.4 Å².